The number of esters is 1. The number of hydrogen-bond acceptors (Lipinski definition) is 5. The van der Waals surface area contributed by atoms with Crippen LogP contribution >= 0.6 is 0 Å². The van der Waals surface area contributed by atoms with Crippen LogP contribution in [0.25, 0.3) is 0 Å². The maximum absolute atomic E-state index is 12.1. The molecule has 2 aromatic carbocycles. The van der Waals surface area contributed by atoms with Crippen molar-refractivity contribution in [2.45, 2.75) is 0 Å². The number of rotatable bonds is 6. The van der Waals surface area contributed by atoms with Crippen molar-refractivity contribution in [3.63, 3.8) is 0 Å². The molecule has 0 heterocycles. The average molecular weight is 327 g/mol. The Balaban J connectivity index is 1.95. The van der Waals surface area contributed by atoms with Crippen LogP contribution in [0.4, 0.5) is 17.1 Å². The number of amides is 1. The quantitative estimate of drug-likeness (QED) is 0.798. The highest BCUT2D eigenvalue weighted by atomic mass is 16.5. The van der Waals surface area contributed by atoms with Crippen molar-refractivity contribution in [1.29, 1.82) is 0 Å². The minimum atomic E-state index is -0.488. The number of carbonyl (C=O) groups excluding carboxylic acids is 2. The number of carbonyl (C=O) groups is 2. The van der Waals surface area contributed by atoms with Crippen LogP contribution in [0.2, 0.25) is 0 Å². The average Bonchev–Trinajstić information content (AvgIpc) is 2.60. The number of para-hydroxylation sites is 1. The number of anilines is 3. The maximum Gasteiger partial charge on any atom is 0.339 e. The first-order chi connectivity index (χ1) is 11.5. The van der Waals surface area contributed by atoms with Crippen molar-refractivity contribution < 1.29 is 14.3 Å². The molecule has 0 aliphatic carbocycles. The molecule has 0 saturated carbocycles. The lowest BCUT2D eigenvalue weighted by Gasteiger charge is -2.14. The van der Waals surface area contributed by atoms with Crippen molar-refractivity contribution in [2.75, 3.05) is 43.3 Å². The molecule has 2 rings (SSSR count). The van der Waals surface area contributed by atoms with Gasteiger partial charge in [0.05, 0.1) is 24.9 Å². The van der Waals surface area contributed by atoms with E-state index in [1.165, 1.54) is 7.11 Å². The third-order valence-electron chi connectivity index (χ3n) is 3.44. The molecule has 0 spiro atoms. The van der Waals surface area contributed by atoms with E-state index in [2.05, 4.69) is 10.6 Å². The molecular formula is C18H21N3O3. The molecule has 0 fully saturated rings. The molecule has 2 aromatic rings. The van der Waals surface area contributed by atoms with Gasteiger partial charge in [0.2, 0.25) is 5.91 Å². The van der Waals surface area contributed by atoms with E-state index >= 15 is 0 Å². The zero-order chi connectivity index (χ0) is 17.5. The van der Waals surface area contributed by atoms with Crippen LogP contribution in [-0.4, -0.2) is 39.6 Å². The Bertz CT molecular complexity index is 712. The Morgan fingerprint density at radius 1 is 1.04 bits per heavy atom. The Kier molecular flexibility index (Phi) is 5.78. The summed E-state index contributed by atoms with van der Waals surface area (Å²) in [5.41, 5.74) is 2.68. The molecule has 6 nitrogen and oxygen atoms in total. The minimum absolute atomic E-state index is 0.0941. The van der Waals surface area contributed by atoms with E-state index in [1.807, 2.05) is 43.3 Å². The highest BCUT2D eigenvalue weighted by molar-refractivity contribution is 6.02. The standard InChI is InChI=1S/C18H21N3O3/c1-21(2)14-10-8-13(9-11-14)19-12-17(22)20-16-7-5-4-6-15(16)18(23)24-3/h4-11,19H,12H2,1-3H3,(H,20,22). The highest BCUT2D eigenvalue weighted by Gasteiger charge is 2.13. The number of benzene rings is 2. The normalized spacial score (nSPS) is 9.96. The summed E-state index contributed by atoms with van der Waals surface area (Å²) in [5.74, 6) is -0.735. The first-order valence-corrected chi connectivity index (χ1v) is 7.49. The van der Waals surface area contributed by atoms with Crippen molar-refractivity contribution in [1.82, 2.24) is 0 Å². The number of hydrogen-bond donors (Lipinski definition) is 2. The van der Waals surface area contributed by atoms with E-state index < -0.39 is 5.97 Å². The van der Waals surface area contributed by atoms with Crippen LogP contribution in [0.3, 0.4) is 0 Å². The number of ether oxygens (including phenoxy) is 1. The van der Waals surface area contributed by atoms with Gasteiger partial charge >= 0.3 is 5.97 Å². The second kappa shape index (κ2) is 8.01. The Morgan fingerprint density at radius 3 is 2.33 bits per heavy atom. The predicted octanol–water partition coefficient (Wildman–Crippen LogP) is 2.59. The summed E-state index contributed by atoms with van der Waals surface area (Å²) in [5, 5.41) is 5.76. The second-order valence-electron chi connectivity index (χ2n) is 5.38. The molecule has 0 radical (unpaired) electrons. The van der Waals surface area contributed by atoms with Gasteiger partial charge in [-0.15, -0.1) is 0 Å². The smallest absolute Gasteiger partial charge is 0.339 e. The summed E-state index contributed by atoms with van der Waals surface area (Å²) < 4.78 is 4.71. The van der Waals surface area contributed by atoms with E-state index in [4.69, 9.17) is 4.74 Å². The lowest BCUT2D eigenvalue weighted by atomic mass is 10.2. The second-order valence-corrected chi connectivity index (χ2v) is 5.38. The van der Waals surface area contributed by atoms with E-state index in [-0.39, 0.29) is 12.5 Å². The summed E-state index contributed by atoms with van der Waals surface area (Å²) >= 11 is 0. The molecule has 0 aromatic heterocycles. The first-order valence-electron chi connectivity index (χ1n) is 7.49. The van der Waals surface area contributed by atoms with Gasteiger partial charge in [0.1, 0.15) is 0 Å². The van der Waals surface area contributed by atoms with Crippen LogP contribution in [0, 0.1) is 0 Å². The van der Waals surface area contributed by atoms with Crippen molar-refractivity contribution in [3.8, 4) is 0 Å². The van der Waals surface area contributed by atoms with Gasteiger partial charge in [-0.25, -0.2) is 4.79 Å². The van der Waals surface area contributed by atoms with Gasteiger partial charge in [-0.05, 0) is 36.4 Å². The predicted molar refractivity (Wildman–Crippen MR) is 95.7 cm³/mol. The Hall–Kier alpha value is -3.02. The van der Waals surface area contributed by atoms with Gasteiger partial charge in [-0.2, -0.15) is 0 Å². The van der Waals surface area contributed by atoms with Crippen LogP contribution in [0.5, 0.6) is 0 Å². The molecule has 0 saturated heterocycles. The van der Waals surface area contributed by atoms with Gasteiger partial charge in [0.25, 0.3) is 0 Å². The fraction of sp³-hybridized carbons (Fsp3) is 0.222. The third-order valence-corrected chi connectivity index (χ3v) is 3.44. The molecule has 0 bridgehead atoms. The maximum atomic E-state index is 12.1. The van der Waals surface area contributed by atoms with E-state index in [1.54, 1.807) is 24.3 Å². The number of nitrogens with one attached hydrogen (secondary N) is 2. The molecule has 0 aliphatic rings. The van der Waals surface area contributed by atoms with E-state index in [0.29, 0.717) is 11.3 Å². The lowest BCUT2D eigenvalue weighted by molar-refractivity contribution is -0.114. The molecule has 0 aliphatic heterocycles. The van der Waals surface area contributed by atoms with Gasteiger partial charge in [-0.1, -0.05) is 12.1 Å². The lowest BCUT2D eigenvalue weighted by Crippen LogP contribution is -2.23. The molecule has 126 valence electrons. The van der Waals surface area contributed by atoms with Crippen molar-refractivity contribution in [2.24, 2.45) is 0 Å². The molecule has 0 atom stereocenters. The fourth-order valence-corrected chi connectivity index (χ4v) is 2.13. The Morgan fingerprint density at radius 2 is 1.71 bits per heavy atom. The molecule has 24 heavy (non-hydrogen) atoms. The third kappa shape index (κ3) is 4.49. The van der Waals surface area contributed by atoms with Crippen LogP contribution < -0.4 is 15.5 Å². The summed E-state index contributed by atoms with van der Waals surface area (Å²) in [6, 6.07) is 14.5. The van der Waals surface area contributed by atoms with E-state index in [9.17, 15) is 9.59 Å². The molecule has 1 amide bonds. The minimum Gasteiger partial charge on any atom is -0.465 e. The molecular weight excluding hydrogens is 306 g/mol. The Labute approximate surface area is 141 Å². The largest absolute Gasteiger partial charge is 0.465 e. The van der Waals surface area contributed by atoms with Crippen LogP contribution in [0.1, 0.15) is 10.4 Å². The molecule has 6 heteroatoms. The number of methoxy groups -OCH3 is 1. The van der Waals surface area contributed by atoms with Gasteiger partial charge < -0.3 is 20.3 Å². The monoisotopic (exact) mass is 327 g/mol. The van der Waals surface area contributed by atoms with E-state index in [0.717, 1.165) is 11.4 Å². The SMILES string of the molecule is COC(=O)c1ccccc1NC(=O)CNc1ccc(N(C)C)cc1. The summed E-state index contributed by atoms with van der Waals surface area (Å²) in [4.78, 5) is 25.8. The van der Waals surface area contributed by atoms with Gasteiger partial charge in [0.15, 0.2) is 0 Å². The van der Waals surface area contributed by atoms with Crippen LogP contribution in [0.15, 0.2) is 48.5 Å². The zero-order valence-corrected chi connectivity index (χ0v) is 14.0. The van der Waals surface area contributed by atoms with Gasteiger partial charge in [0, 0.05) is 25.5 Å². The molecule has 2 N–H and O–H groups in total. The summed E-state index contributed by atoms with van der Waals surface area (Å²) in [7, 11) is 5.24. The summed E-state index contributed by atoms with van der Waals surface area (Å²) in [6.07, 6.45) is 0. The summed E-state index contributed by atoms with van der Waals surface area (Å²) in [6.45, 7) is 0.0941. The zero-order valence-electron chi connectivity index (χ0n) is 14.0. The molecule has 0 unspecified atom stereocenters. The van der Waals surface area contributed by atoms with Gasteiger partial charge in [-0.3, -0.25) is 4.79 Å². The fourth-order valence-electron chi connectivity index (χ4n) is 2.13. The number of nitrogens with zero attached hydrogens (tertiary/aromatic N) is 1. The van der Waals surface area contributed by atoms with Crippen molar-refractivity contribution in [3.05, 3.63) is 54.1 Å². The first kappa shape index (κ1) is 17.3. The van der Waals surface area contributed by atoms with Crippen molar-refractivity contribution >= 4 is 28.9 Å². The highest BCUT2D eigenvalue weighted by Crippen LogP contribution is 2.17. The van der Waals surface area contributed by atoms with Crippen LogP contribution in [-0.2, 0) is 9.53 Å². The topological polar surface area (TPSA) is 70.7 Å².